The zero-order valence-corrected chi connectivity index (χ0v) is 18.6. The summed E-state index contributed by atoms with van der Waals surface area (Å²) in [7, 11) is 0. The Morgan fingerprint density at radius 3 is 2.50 bits per heavy atom. The van der Waals surface area contributed by atoms with Gasteiger partial charge >= 0.3 is 0 Å². The number of hydrogen-bond donors (Lipinski definition) is 1. The molecule has 0 saturated carbocycles. The number of fused-ring (bicyclic) bond motifs is 1. The second-order valence-corrected chi connectivity index (χ2v) is 7.87. The number of non-ortho nitro benzene ring substituents is 1. The molecule has 10 heteroatoms. The molecule has 0 aliphatic carbocycles. The fourth-order valence-electron chi connectivity index (χ4n) is 3.64. The summed E-state index contributed by atoms with van der Waals surface area (Å²) in [6.45, 7) is -0.335. The number of nitrogens with zero attached hydrogens (tertiary/aromatic N) is 2. The molecule has 0 aliphatic heterocycles. The van der Waals surface area contributed by atoms with Crippen LogP contribution >= 0.6 is 0 Å². The molecule has 1 N–H and O–H groups in total. The van der Waals surface area contributed by atoms with Crippen LogP contribution in [0.25, 0.3) is 33.6 Å². The molecule has 5 rings (SSSR count). The van der Waals surface area contributed by atoms with Gasteiger partial charge < -0.3 is 19.0 Å². The number of carbonyl (C=O) groups excluding carboxylic acids is 1. The summed E-state index contributed by atoms with van der Waals surface area (Å²) in [5, 5.41) is 18.5. The Hall–Kier alpha value is -4.83. The van der Waals surface area contributed by atoms with E-state index in [4.69, 9.17) is 13.7 Å². The predicted octanol–water partition coefficient (Wildman–Crippen LogP) is 5.96. The fourth-order valence-corrected chi connectivity index (χ4v) is 3.64. The number of nitrogens with one attached hydrogen (secondary N) is 1. The van der Waals surface area contributed by atoms with Crippen molar-refractivity contribution in [1.82, 2.24) is 5.16 Å². The van der Waals surface area contributed by atoms with E-state index in [0.29, 0.717) is 28.2 Å². The normalized spacial score (nSPS) is 11.0. The molecule has 2 heterocycles. The standard InChI is InChI=1S/C26H18FN3O6/c27-18-8-6-17(7-9-18)24-10-19(29-36-24)14-34-15-26(31)28-22-11-20(30(32)33)12-25-21(22)13-23(35-25)16-4-2-1-3-5-16/h1-13H,14-15H2,(H,28,31). The van der Waals surface area contributed by atoms with Crippen LogP contribution in [0.1, 0.15) is 5.69 Å². The van der Waals surface area contributed by atoms with Crippen molar-refractivity contribution in [2.75, 3.05) is 11.9 Å². The minimum Gasteiger partial charge on any atom is -0.456 e. The molecule has 1 amide bonds. The van der Waals surface area contributed by atoms with Crippen LogP contribution in [0.4, 0.5) is 15.8 Å². The van der Waals surface area contributed by atoms with Gasteiger partial charge in [0.15, 0.2) is 5.76 Å². The number of furan rings is 1. The van der Waals surface area contributed by atoms with Crippen molar-refractivity contribution < 1.29 is 27.8 Å². The van der Waals surface area contributed by atoms with Gasteiger partial charge in [0.25, 0.3) is 5.69 Å². The number of amides is 1. The Labute approximate surface area is 203 Å². The van der Waals surface area contributed by atoms with Crippen molar-refractivity contribution in [2.24, 2.45) is 0 Å². The quantitative estimate of drug-likeness (QED) is 0.212. The summed E-state index contributed by atoms with van der Waals surface area (Å²) in [5.41, 5.74) is 2.18. The topological polar surface area (TPSA) is 121 Å². The SMILES string of the molecule is O=C(COCc1cc(-c2ccc(F)cc2)on1)Nc1cc([N+](=O)[O-])cc2oc(-c3ccccc3)cc12. The maximum absolute atomic E-state index is 13.1. The molecule has 36 heavy (non-hydrogen) atoms. The number of benzene rings is 3. The molecule has 3 aromatic carbocycles. The van der Waals surface area contributed by atoms with Crippen molar-refractivity contribution in [3.63, 3.8) is 0 Å². The van der Waals surface area contributed by atoms with E-state index in [1.807, 2.05) is 30.3 Å². The molecule has 0 fully saturated rings. The van der Waals surface area contributed by atoms with Crippen LogP contribution in [0.3, 0.4) is 0 Å². The molecule has 0 spiro atoms. The first-order valence-corrected chi connectivity index (χ1v) is 10.8. The smallest absolute Gasteiger partial charge is 0.275 e. The highest BCUT2D eigenvalue weighted by Crippen LogP contribution is 2.35. The van der Waals surface area contributed by atoms with Crippen molar-refractivity contribution in [2.45, 2.75) is 6.61 Å². The highest BCUT2D eigenvalue weighted by Gasteiger charge is 2.18. The van der Waals surface area contributed by atoms with E-state index in [9.17, 15) is 19.3 Å². The summed E-state index contributed by atoms with van der Waals surface area (Å²) in [6.07, 6.45) is 0. The average Bonchev–Trinajstić information content (AvgIpc) is 3.53. The lowest BCUT2D eigenvalue weighted by Gasteiger charge is -2.06. The Bertz CT molecular complexity index is 1540. The summed E-state index contributed by atoms with van der Waals surface area (Å²) in [5.74, 6) is 0.0779. The van der Waals surface area contributed by atoms with E-state index < -0.39 is 10.8 Å². The summed E-state index contributed by atoms with van der Waals surface area (Å²) >= 11 is 0. The Balaban J connectivity index is 1.27. The Kier molecular flexibility index (Phi) is 6.25. The van der Waals surface area contributed by atoms with Crippen LogP contribution < -0.4 is 5.32 Å². The van der Waals surface area contributed by atoms with Gasteiger partial charge in [0.2, 0.25) is 5.91 Å². The molecule has 0 unspecified atom stereocenters. The summed E-state index contributed by atoms with van der Waals surface area (Å²) in [4.78, 5) is 23.4. The van der Waals surface area contributed by atoms with Gasteiger partial charge in [0, 0.05) is 28.6 Å². The zero-order valence-electron chi connectivity index (χ0n) is 18.6. The number of ether oxygens (including phenoxy) is 1. The van der Waals surface area contributed by atoms with Crippen LogP contribution in [0.5, 0.6) is 0 Å². The van der Waals surface area contributed by atoms with Gasteiger partial charge in [-0.3, -0.25) is 14.9 Å². The van der Waals surface area contributed by atoms with Crippen molar-refractivity contribution in [3.05, 3.63) is 100 Å². The number of hydrogen-bond acceptors (Lipinski definition) is 7. The number of nitro benzene ring substituents is 1. The zero-order chi connectivity index (χ0) is 25.1. The molecule has 0 aliphatic rings. The molecule has 0 atom stereocenters. The summed E-state index contributed by atoms with van der Waals surface area (Å²) < 4.78 is 29.6. The van der Waals surface area contributed by atoms with Crippen LogP contribution in [-0.4, -0.2) is 22.6 Å². The highest BCUT2D eigenvalue weighted by molar-refractivity contribution is 6.03. The van der Waals surface area contributed by atoms with Gasteiger partial charge in [0.05, 0.1) is 23.3 Å². The van der Waals surface area contributed by atoms with E-state index in [0.717, 1.165) is 5.56 Å². The molecule has 9 nitrogen and oxygen atoms in total. The highest BCUT2D eigenvalue weighted by atomic mass is 19.1. The van der Waals surface area contributed by atoms with Gasteiger partial charge in [-0.1, -0.05) is 35.5 Å². The monoisotopic (exact) mass is 487 g/mol. The number of halogens is 1. The number of aromatic nitrogens is 1. The lowest BCUT2D eigenvalue weighted by atomic mass is 10.1. The summed E-state index contributed by atoms with van der Waals surface area (Å²) in [6, 6.07) is 21.0. The molecule has 0 radical (unpaired) electrons. The first kappa shape index (κ1) is 22.9. The van der Waals surface area contributed by atoms with Crippen molar-refractivity contribution in [3.8, 4) is 22.6 Å². The van der Waals surface area contributed by atoms with Crippen LogP contribution in [-0.2, 0) is 16.1 Å². The van der Waals surface area contributed by atoms with Gasteiger partial charge in [-0.05, 0) is 30.3 Å². The van der Waals surface area contributed by atoms with E-state index in [1.165, 1.54) is 24.3 Å². The van der Waals surface area contributed by atoms with Gasteiger partial charge in [-0.15, -0.1) is 0 Å². The fraction of sp³-hybridized carbons (Fsp3) is 0.0769. The minimum absolute atomic E-state index is 0.00761. The first-order valence-electron chi connectivity index (χ1n) is 10.8. The number of rotatable bonds is 8. The Morgan fingerprint density at radius 1 is 1.00 bits per heavy atom. The number of carbonyl (C=O) groups is 1. The lowest BCUT2D eigenvalue weighted by molar-refractivity contribution is -0.384. The maximum Gasteiger partial charge on any atom is 0.275 e. The largest absolute Gasteiger partial charge is 0.456 e. The average molecular weight is 487 g/mol. The predicted molar refractivity (Wildman–Crippen MR) is 128 cm³/mol. The number of anilines is 1. The molecule has 2 aromatic heterocycles. The maximum atomic E-state index is 13.1. The molecule has 0 saturated heterocycles. The molecular formula is C26H18FN3O6. The first-order chi connectivity index (χ1) is 17.5. The van der Waals surface area contributed by atoms with E-state index in [1.54, 1.807) is 24.3 Å². The van der Waals surface area contributed by atoms with Crippen LogP contribution in [0.2, 0.25) is 0 Å². The Morgan fingerprint density at radius 2 is 1.75 bits per heavy atom. The van der Waals surface area contributed by atoms with Crippen LogP contribution in [0.15, 0.2) is 87.8 Å². The number of nitro groups is 1. The van der Waals surface area contributed by atoms with Gasteiger partial charge in [0.1, 0.15) is 29.5 Å². The second-order valence-electron chi connectivity index (χ2n) is 7.87. The minimum atomic E-state index is -0.556. The van der Waals surface area contributed by atoms with Crippen LogP contribution in [0, 0.1) is 15.9 Å². The van der Waals surface area contributed by atoms with E-state index in [-0.39, 0.29) is 36.0 Å². The van der Waals surface area contributed by atoms with E-state index >= 15 is 0 Å². The molecular weight excluding hydrogens is 469 g/mol. The molecule has 0 bridgehead atoms. The third-order valence-corrected chi connectivity index (χ3v) is 5.34. The van der Waals surface area contributed by atoms with Gasteiger partial charge in [-0.2, -0.15) is 0 Å². The molecule has 180 valence electrons. The third kappa shape index (κ3) is 4.98. The van der Waals surface area contributed by atoms with E-state index in [2.05, 4.69) is 10.5 Å². The van der Waals surface area contributed by atoms with Gasteiger partial charge in [-0.25, -0.2) is 4.39 Å². The van der Waals surface area contributed by atoms with Crippen molar-refractivity contribution >= 4 is 28.3 Å². The third-order valence-electron chi connectivity index (χ3n) is 5.34. The lowest BCUT2D eigenvalue weighted by Crippen LogP contribution is -2.18. The van der Waals surface area contributed by atoms with Crippen molar-refractivity contribution in [1.29, 1.82) is 0 Å². The second kappa shape index (κ2) is 9.80. The molecule has 5 aromatic rings.